The maximum atomic E-state index is 4.96. The first-order chi connectivity index (χ1) is 4.81. The molecule has 1 fully saturated rings. The zero-order chi connectivity index (χ0) is 7.82. The van der Waals surface area contributed by atoms with Crippen molar-refractivity contribution >= 4 is 0 Å². The van der Waals surface area contributed by atoms with Crippen molar-refractivity contribution < 1.29 is 9.47 Å². The van der Waals surface area contributed by atoms with Crippen molar-refractivity contribution in [3.63, 3.8) is 0 Å². The number of hydrogen-bond donors (Lipinski definition) is 0. The van der Waals surface area contributed by atoms with E-state index in [4.69, 9.17) is 9.47 Å². The molecule has 1 aliphatic heterocycles. The molecule has 0 spiro atoms. The van der Waals surface area contributed by atoms with E-state index in [1.807, 2.05) is 0 Å². The Morgan fingerprint density at radius 3 is 1.80 bits per heavy atom. The molecule has 62 valence electrons. The van der Waals surface area contributed by atoms with Crippen LogP contribution in [0.15, 0.2) is 0 Å². The van der Waals surface area contributed by atoms with Gasteiger partial charge in [0.25, 0.3) is 0 Å². The van der Waals surface area contributed by atoms with Crippen LogP contribution in [0.25, 0.3) is 0 Å². The van der Waals surface area contributed by atoms with Gasteiger partial charge in [-0.1, -0.05) is 27.2 Å². The third-order valence-corrected chi connectivity index (χ3v) is 0.971. The Morgan fingerprint density at radius 1 is 1.20 bits per heavy atom. The highest BCUT2D eigenvalue weighted by Crippen LogP contribution is 2.01. The summed E-state index contributed by atoms with van der Waals surface area (Å²) in [6, 6.07) is 0. The lowest BCUT2D eigenvalue weighted by Crippen LogP contribution is -2.20. The molecule has 0 bridgehead atoms. The van der Waals surface area contributed by atoms with Gasteiger partial charge in [-0.05, 0) is 0 Å². The molecule has 1 aliphatic rings. The lowest BCUT2D eigenvalue weighted by molar-refractivity contribution is -0.121. The summed E-state index contributed by atoms with van der Waals surface area (Å²) in [5.74, 6) is 0.591. The van der Waals surface area contributed by atoms with Crippen molar-refractivity contribution in [1.82, 2.24) is 0 Å². The van der Waals surface area contributed by atoms with Gasteiger partial charge in [0.05, 0.1) is 13.2 Å². The van der Waals surface area contributed by atoms with Crippen molar-refractivity contribution in [2.24, 2.45) is 5.92 Å². The highest BCUT2D eigenvalue weighted by Gasteiger charge is 2.06. The van der Waals surface area contributed by atoms with E-state index in [-0.39, 0.29) is 0 Å². The molecular formula is C8H18O2. The molecule has 0 atom stereocenters. The number of rotatable bonds is 0. The molecule has 0 aromatic carbocycles. The zero-order valence-corrected chi connectivity index (χ0v) is 7.22. The second kappa shape index (κ2) is 7.03. The maximum Gasteiger partial charge on any atom is 0.146 e. The van der Waals surface area contributed by atoms with E-state index in [1.165, 1.54) is 6.42 Å². The van der Waals surface area contributed by atoms with Crippen LogP contribution in [0.5, 0.6) is 0 Å². The Balaban J connectivity index is 0.000000236. The van der Waals surface area contributed by atoms with Crippen molar-refractivity contribution in [2.45, 2.75) is 27.2 Å². The van der Waals surface area contributed by atoms with Crippen LogP contribution < -0.4 is 0 Å². The Bertz CT molecular complexity index is 58.3. The quantitative estimate of drug-likeness (QED) is 0.520. The summed E-state index contributed by atoms with van der Waals surface area (Å²) < 4.78 is 9.92. The summed E-state index contributed by atoms with van der Waals surface area (Å²) >= 11 is 0. The van der Waals surface area contributed by atoms with E-state index in [1.54, 1.807) is 0 Å². The fourth-order valence-electron chi connectivity index (χ4n) is 0.606. The average Bonchev–Trinajstić information content (AvgIpc) is 1.91. The van der Waals surface area contributed by atoms with Crippen molar-refractivity contribution in [3.05, 3.63) is 0 Å². The third kappa shape index (κ3) is 6.05. The minimum atomic E-state index is 0.490. The maximum absolute atomic E-state index is 4.96. The molecule has 0 aromatic rings. The highest BCUT2D eigenvalue weighted by atomic mass is 16.7. The van der Waals surface area contributed by atoms with Gasteiger partial charge in [-0.25, -0.2) is 0 Å². The van der Waals surface area contributed by atoms with Gasteiger partial charge in [-0.15, -0.1) is 0 Å². The van der Waals surface area contributed by atoms with E-state index < -0.39 is 0 Å². The molecular weight excluding hydrogens is 128 g/mol. The molecule has 1 rings (SSSR count). The van der Waals surface area contributed by atoms with Crippen LogP contribution in [0, 0.1) is 5.92 Å². The smallest absolute Gasteiger partial charge is 0.146 e. The van der Waals surface area contributed by atoms with Crippen LogP contribution in [0.4, 0.5) is 0 Å². The summed E-state index contributed by atoms with van der Waals surface area (Å²) in [5, 5.41) is 0. The minimum Gasteiger partial charge on any atom is -0.355 e. The highest BCUT2D eigenvalue weighted by molar-refractivity contribution is 4.49. The van der Waals surface area contributed by atoms with E-state index in [2.05, 4.69) is 20.8 Å². The SMILES string of the molecule is CC1COCOC1.CCC. The van der Waals surface area contributed by atoms with Gasteiger partial charge in [0.15, 0.2) is 0 Å². The van der Waals surface area contributed by atoms with Gasteiger partial charge in [0, 0.05) is 5.92 Å². The summed E-state index contributed by atoms with van der Waals surface area (Å²) in [6.45, 7) is 8.57. The molecule has 2 heteroatoms. The summed E-state index contributed by atoms with van der Waals surface area (Å²) in [5.41, 5.74) is 0. The zero-order valence-electron chi connectivity index (χ0n) is 7.22. The Morgan fingerprint density at radius 2 is 1.60 bits per heavy atom. The molecule has 0 amide bonds. The second-order valence-corrected chi connectivity index (χ2v) is 2.67. The van der Waals surface area contributed by atoms with Crippen molar-refractivity contribution in [2.75, 3.05) is 20.0 Å². The normalized spacial score (nSPS) is 19.5. The van der Waals surface area contributed by atoms with Crippen molar-refractivity contribution in [3.8, 4) is 0 Å². The average molecular weight is 146 g/mol. The van der Waals surface area contributed by atoms with Gasteiger partial charge in [-0.2, -0.15) is 0 Å². The molecule has 1 heterocycles. The van der Waals surface area contributed by atoms with Crippen LogP contribution in [0.1, 0.15) is 27.2 Å². The van der Waals surface area contributed by atoms with Gasteiger partial charge < -0.3 is 9.47 Å². The molecule has 0 N–H and O–H groups in total. The fraction of sp³-hybridized carbons (Fsp3) is 1.00. The first-order valence-electron chi connectivity index (χ1n) is 3.96. The predicted octanol–water partition coefficient (Wildman–Crippen LogP) is 2.04. The third-order valence-electron chi connectivity index (χ3n) is 0.971. The molecule has 0 saturated carbocycles. The molecule has 0 radical (unpaired) electrons. The Labute approximate surface area is 63.5 Å². The van der Waals surface area contributed by atoms with E-state index in [9.17, 15) is 0 Å². The van der Waals surface area contributed by atoms with Gasteiger partial charge in [0.1, 0.15) is 6.79 Å². The fourth-order valence-corrected chi connectivity index (χ4v) is 0.606. The van der Waals surface area contributed by atoms with Crippen LogP contribution in [0.3, 0.4) is 0 Å². The minimum absolute atomic E-state index is 0.490. The molecule has 0 aliphatic carbocycles. The monoisotopic (exact) mass is 146 g/mol. The lowest BCUT2D eigenvalue weighted by atomic mass is 10.2. The van der Waals surface area contributed by atoms with Gasteiger partial charge >= 0.3 is 0 Å². The van der Waals surface area contributed by atoms with E-state index >= 15 is 0 Å². The second-order valence-electron chi connectivity index (χ2n) is 2.67. The first kappa shape index (κ1) is 9.92. The number of ether oxygens (including phenoxy) is 2. The van der Waals surface area contributed by atoms with E-state index in [0.717, 1.165) is 13.2 Å². The molecule has 2 nitrogen and oxygen atoms in total. The predicted molar refractivity (Wildman–Crippen MR) is 41.9 cm³/mol. The molecule has 0 unspecified atom stereocenters. The van der Waals surface area contributed by atoms with Crippen LogP contribution >= 0.6 is 0 Å². The molecule has 10 heavy (non-hydrogen) atoms. The van der Waals surface area contributed by atoms with E-state index in [0.29, 0.717) is 12.7 Å². The first-order valence-corrected chi connectivity index (χ1v) is 3.96. The summed E-state index contributed by atoms with van der Waals surface area (Å²) in [4.78, 5) is 0. The van der Waals surface area contributed by atoms with Gasteiger partial charge in [-0.3, -0.25) is 0 Å². The van der Waals surface area contributed by atoms with Crippen LogP contribution in [-0.4, -0.2) is 20.0 Å². The Hall–Kier alpha value is -0.0800. The molecule has 0 aromatic heterocycles. The Kier molecular flexibility index (Phi) is 6.98. The standard InChI is InChI=1S/C5H10O2.C3H8/c1-5-2-6-4-7-3-5;1-3-2/h5H,2-4H2,1H3;3H2,1-2H3. The summed E-state index contributed by atoms with van der Waals surface area (Å²) in [6.07, 6.45) is 1.25. The van der Waals surface area contributed by atoms with Crippen molar-refractivity contribution in [1.29, 1.82) is 0 Å². The summed E-state index contributed by atoms with van der Waals surface area (Å²) in [7, 11) is 0. The number of hydrogen-bond acceptors (Lipinski definition) is 2. The topological polar surface area (TPSA) is 18.5 Å². The van der Waals surface area contributed by atoms with Gasteiger partial charge in [0.2, 0.25) is 0 Å². The largest absolute Gasteiger partial charge is 0.355 e. The van der Waals surface area contributed by atoms with Crippen LogP contribution in [-0.2, 0) is 9.47 Å². The van der Waals surface area contributed by atoms with Crippen LogP contribution in [0.2, 0.25) is 0 Å². The molecule has 1 saturated heterocycles. The lowest BCUT2D eigenvalue weighted by Gasteiger charge is -2.17.